The summed E-state index contributed by atoms with van der Waals surface area (Å²) in [6, 6.07) is 4.08. The molecule has 3 heterocycles. The number of carboxylic acids is 1. The summed E-state index contributed by atoms with van der Waals surface area (Å²) in [7, 11) is 3.60. The molecule has 1 N–H and O–H groups in total. The van der Waals surface area contributed by atoms with Gasteiger partial charge in [-0.25, -0.2) is 9.59 Å². The maximum atomic E-state index is 11.9. The van der Waals surface area contributed by atoms with Crippen molar-refractivity contribution in [1.82, 2.24) is 14.8 Å². The molecule has 0 radical (unpaired) electrons. The number of urea groups is 1. The molecule has 7 nitrogen and oxygen atoms in total. The number of carbonyl (C=O) groups is 2. The Balaban J connectivity index is 0.000000345. The summed E-state index contributed by atoms with van der Waals surface area (Å²) in [5.41, 5.74) is 1.11. The third-order valence-electron chi connectivity index (χ3n) is 4.24. The van der Waals surface area contributed by atoms with E-state index in [1.807, 2.05) is 35.0 Å². The number of hydrogen-bond acceptors (Lipinski definition) is 5. The number of hydrogen-bond donors (Lipinski definition) is 1. The molecular weight excluding hydrogens is 399 g/mol. The molecule has 2 aliphatic heterocycles. The first-order valence-electron chi connectivity index (χ1n) is 8.43. The van der Waals surface area contributed by atoms with Gasteiger partial charge in [-0.3, -0.25) is 4.98 Å². The van der Waals surface area contributed by atoms with Gasteiger partial charge < -0.3 is 19.6 Å². The first-order valence-corrected chi connectivity index (χ1v) is 9.42. The monoisotopic (exact) mass is 421 g/mol. The second kappa shape index (κ2) is 8.99. The lowest BCUT2D eigenvalue weighted by molar-refractivity contribution is -0.192. The van der Waals surface area contributed by atoms with Gasteiger partial charge in [-0.15, -0.1) is 11.8 Å². The van der Waals surface area contributed by atoms with Crippen molar-refractivity contribution in [2.45, 2.75) is 30.1 Å². The molecule has 1 aromatic rings. The molecule has 0 aliphatic carbocycles. The zero-order valence-corrected chi connectivity index (χ0v) is 16.3. The van der Waals surface area contributed by atoms with E-state index in [9.17, 15) is 18.0 Å². The van der Waals surface area contributed by atoms with Crippen molar-refractivity contribution in [1.29, 1.82) is 0 Å². The smallest absolute Gasteiger partial charge is 0.475 e. The predicted molar refractivity (Wildman–Crippen MR) is 97.0 cm³/mol. The maximum Gasteiger partial charge on any atom is 0.490 e. The summed E-state index contributed by atoms with van der Waals surface area (Å²) in [4.78, 5) is 28.4. The molecular formula is C17H22F3N3O4S. The topological polar surface area (TPSA) is 83.0 Å². The minimum atomic E-state index is -5.08. The van der Waals surface area contributed by atoms with Crippen LogP contribution in [-0.4, -0.2) is 81.9 Å². The highest BCUT2D eigenvalue weighted by Gasteiger charge is 2.51. The lowest BCUT2D eigenvalue weighted by Gasteiger charge is -2.48. The summed E-state index contributed by atoms with van der Waals surface area (Å²) in [5.74, 6) is -1.74. The summed E-state index contributed by atoms with van der Waals surface area (Å²) in [6.07, 6.45) is -0.144. The van der Waals surface area contributed by atoms with Gasteiger partial charge in [0.25, 0.3) is 0 Å². The van der Waals surface area contributed by atoms with Gasteiger partial charge in [0.2, 0.25) is 0 Å². The highest BCUT2D eigenvalue weighted by atomic mass is 32.2. The molecule has 1 aromatic heterocycles. The normalized spacial score (nSPS) is 20.2. The number of nitrogens with zero attached hydrogens (tertiary/aromatic N) is 3. The van der Waals surface area contributed by atoms with Gasteiger partial charge in [-0.2, -0.15) is 13.2 Å². The molecule has 0 aromatic carbocycles. The molecule has 2 saturated heterocycles. The van der Waals surface area contributed by atoms with Crippen LogP contribution >= 0.6 is 11.8 Å². The predicted octanol–water partition coefficient (Wildman–Crippen LogP) is 2.47. The number of pyridine rings is 1. The number of likely N-dealkylation sites (tertiary alicyclic amines) is 1. The first kappa shape index (κ1) is 22.3. The van der Waals surface area contributed by atoms with Crippen molar-refractivity contribution < 1.29 is 32.6 Å². The van der Waals surface area contributed by atoms with Crippen LogP contribution in [0.5, 0.6) is 0 Å². The van der Waals surface area contributed by atoms with Crippen molar-refractivity contribution in [2.75, 3.05) is 32.9 Å². The molecule has 156 valence electrons. The summed E-state index contributed by atoms with van der Waals surface area (Å²) in [6.45, 7) is 2.32. The van der Waals surface area contributed by atoms with Crippen LogP contribution in [0.15, 0.2) is 24.5 Å². The Labute approximate surface area is 164 Å². The Bertz CT molecular complexity index is 682. The Hall–Kier alpha value is -2.01. The zero-order valence-electron chi connectivity index (χ0n) is 15.5. The van der Waals surface area contributed by atoms with E-state index in [2.05, 4.69) is 4.98 Å². The quantitative estimate of drug-likeness (QED) is 0.808. The van der Waals surface area contributed by atoms with Gasteiger partial charge >= 0.3 is 18.2 Å². The lowest BCUT2D eigenvalue weighted by atomic mass is 9.93. The molecule has 3 rings (SSSR count). The summed E-state index contributed by atoms with van der Waals surface area (Å²) >= 11 is 1.95. The van der Waals surface area contributed by atoms with E-state index in [1.54, 1.807) is 25.2 Å². The van der Waals surface area contributed by atoms with Gasteiger partial charge in [-0.05, 0) is 18.1 Å². The molecule has 11 heteroatoms. The van der Waals surface area contributed by atoms with Gasteiger partial charge in [-0.1, -0.05) is 6.07 Å². The van der Waals surface area contributed by atoms with Crippen molar-refractivity contribution >= 4 is 23.8 Å². The van der Waals surface area contributed by atoms with Gasteiger partial charge in [0.05, 0.1) is 17.5 Å². The van der Waals surface area contributed by atoms with E-state index in [-0.39, 0.29) is 16.9 Å². The average Bonchev–Trinajstić information content (AvgIpc) is 3.03. The number of rotatable bonds is 3. The average molecular weight is 421 g/mol. The van der Waals surface area contributed by atoms with Crippen LogP contribution in [0, 0.1) is 0 Å². The molecule has 2 aliphatic rings. The number of aromatic nitrogens is 1. The molecule has 1 atom stereocenters. The van der Waals surface area contributed by atoms with Gasteiger partial charge in [0, 0.05) is 45.3 Å². The molecule has 0 bridgehead atoms. The fourth-order valence-electron chi connectivity index (χ4n) is 2.89. The zero-order chi connectivity index (χ0) is 20.9. The number of carbonyl (C=O) groups excluding carboxylic acids is 1. The minimum absolute atomic E-state index is 0.112. The van der Waals surface area contributed by atoms with E-state index in [4.69, 9.17) is 14.6 Å². The first-order chi connectivity index (χ1) is 13.0. The van der Waals surface area contributed by atoms with Crippen LogP contribution in [0.1, 0.15) is 12.0 Å². The largest absolute Gasteiger partial charge is 0.490 e. The van der Waals surface area contributed by atoms with Gasteiger partial charge in [0.15, 0.2) is 0 Å². The highest BCUT2D eigenvalue weighted by Crippen LogP contribution is 2.46. The summed E-state index contributed by atoms with van der Waals surface area (Å²) < 4.78 is 38.0. The van der Waals surface area contributed by atoms with E-state index in [0.717, 1.165) is 30.8 Å². The number of ether oxygens (including phenoxy) is 1. The van der Waals surface area contributed by atoms with Crippen LogP contribution in [0.2, 0.25) is 0 Å². The maximum absolute atomic E-state index is 11.9. The second-order valence-corrected chi connectivity index (χ2v) is 8.32. The SMILES string of the molecule is CN(C)C(=O)N1CC2(CC(OCc3cccnc3)CS2)C1.O=C(O)C(F)(F)F. The summed E-state index contributed by atoms with van der Waals surface area (Å²) in [5, 5.41) is 7.12. The third-order valence-corrected chi connectivity index (χ3v) is 5.81. The van der Waals surface area contributed by atoms with Crippen molar-refractivity contribution in [2.24, 2.45) is 0 Å². The second-order valence-electron chi connectivity index (χ2n) is 6.83. The molecule has 2 amide bonds. The number of aliphatic carboxylic acids is 1. The Morgan fingerprint density at radius 1 is 1.43 bits per heavy atom. The number of halogens is 3. The van der Waals surface area contributed by atoms with Crippen LogP contribution in [0.25, 0.3) is 0 Å². The van der Waals surface area contributed by atoms with Crippen LogP contribution in [-0.2, 0) is 16.1 Å². The minimum Gasteiger partial charge on any atom is -0.475 e. The Morgan fingerprint density at radius 2 is 2.07 bits per heavy atom. The van der Waals surface area contributed by atoms with Crippen molar-refractivity contribution in [3.05, 3.63) is 30.1 Å². The number of carboxylic acid groups (broad SMARTS) is 1. The number of thioether (sulfide) groups is 1. The standard InChI is InChI=1S/C15H21N3O2S.C2HF3O2/c1-17(2)14(19)18-10-15(11-18)6-13(9-21-15)20-8-12-4-3-5-16-7-12;3-2(4,5)1(6)7/h3-5,7,13H,6,8-11H2,1-2H3;(H,6,7). The van der Waals surface area contributed by atoms with E-state index >= 15 is 0 Å². The number of alkyl halides is 3. The van der Waals surface area contributed by atoms with E-state index < -0.39 is 12.1 Å². The fourth-order valence-corrected chi connectivity index (χ4v) is 4.45. The Kier molecular flexibility index (Phi) is 7.16. The van der Waals surface area contributed by atoms with Crippen molar-refractivity contribution in [3.8, 4) is 0 Å². The van der Waals surface area contributed by atoms with Crippen LogP contribution < -0.4 is 0 Å². The Morgan fingerprint density at radius 3 is 2.57 bits per heavy atom. The van der Waals surface area contributed by atoms with E-state index in [1.165, 1.54) is 0 Å². The fraction of sp³-hybridized carbons (Fsp3) is 0.588. The molecule has 2 fully saturated rings. The molecule has 1 unspecified atom stereocenters. The van der Waals surface area contributed by atoms with Gasteiger partial charge in [0.1, 0.15) is 0 Å². The van der Waals surface area contributed by atoms with E-state index in [0.29, 0.717) is 6.61 Å². The lowest BCUT2D eigenvalue weighted by Crippen LogP contribution is -2.62. The molecule has 28 heavy (non-hydrogen) atoms. The third kappa shape index (κ3) is 5.99. The van der Waals surface area contributed by atoms with Crippen molar-refractivity contribution in [3.63, 3.8) is 0 Å². The number of amides is 2. The van der Waals surface area contributed by atoms with Crippen LogP contribution in [0.3, 0.4) is 0 Å². The van der Waals surface area contributed by atoms with Crippen LogP contribution in [0.4, 0.5) is 18.0 Å². The molecule has 1 spiro atoms. The highest BCUT2D eigenvalue weighted by molar-refractivity contribution is 8.01. The molecule has 0 saturated carbocycles.